The molecule has 3 rings (SSSR count). The summed E-state index contributed by atoms with van der Waals surface area (Å²) < 4.78 is 0.917. The standard InChI is InChI=1S/C22H25BrN4O3/c1-14-8-9-16(11-17(14)23)24-21(29)12-26(3)13-22(30)27-15(2)10-20(28)25-18-6-4-5-7-19(18)27/h4-9,11,15H,10,12-13H2,1-3H3,(H,24,29)(H,25,28)/t15-/m0/s1. The number of benzene rings is 2. The van der Waals surface area contributed by atoms with Gasteiger partial charge in [0.15, 0.2) is 0 Å². The molecule has 0 saturated heterocycles. The zero-order chi connectivity index (χ0) is 21.8. The molecule has 0 saturated carbocycles. The van der Waals surface area contributed by atoms with E-state index in [9.17, 15) is 14.4 Å². The molecular weight excluding hydrogens is 448 g/mol. The van der Waals surface area contributed by atoms with Crippen LogP contribution in [-0.4, -0.2) is 48.8 Å². The molecule has 30 heavy (non-hydrogen) atoms. The monoisotopic (exact) mass is 472 g/mol. The predicted molar refractivity (Wildman–Crippen MR) is 122 cm³/mol. The van der Waals surface area contributed by atoms with Gasteiger partial charge in [-0.15, -0.1) is 0 Å². The Hall–Kier alpha value is -2.71. The van der Waals surface area contributed by atoms with E-state index in [1.54, 1.807) is 22.9 Å². The van der Waals surface area contributed by atoms with Crippen molar-refractivity contribution in [3.8, 4) is 0 Å². The minimum atomic E-state index is -0.284. The molecule has 0 aromatic heterocycles. The van der Waals surface area contributed by atoms with Gasteiger partial charge in [-0.05, 0) is 50.7 Å². The van der Waals surface area contributed by atoms with E-state index in [1.165, 1.54) is 0 Å². The summed E-state index contributed by atoms with van der Waals surface area (Å²) in [5, 5.41) is 5.69. The summed E-state index contributed by atoms with van der Waals surface area (Å²) in [5.74, 6) is -0.496. The summed E-state index contributed by atoms with van der Waals surface area (Å²) in [6.45, 7) is 3.94. The molecule has 0 bridgehead atoms. The van der Waals surface area contributed by atoms with Crippen LogP contribution in [0, 0.1) is 6.92 Å². The summed E-state index contributed by atoms with van der Waals surface area (Å²) in [5.41, 5.74) is 3.06. The van der Waals surface area contributed by atoms with Gasteiger partial charge in [-0.2, -0.15) is 0 Å². The van der Waals surface area contributed by atoms with E-state index in [4.69, 9.17) is 0 Å². The quantitative estimate of drug-likeness (QED) is 0.698. The second-order valence-electron chi connectivity index (χ2n) is 7.57. The van der Waals surface area contributed by atoms with Crippen LogP contribution in [0.15, 0.2) is 46.9 Å². The third-order valence-electron chi connectivity index (χ3n) is 4.90. The van der Waals surface area contributed by atoms with E-state index in [1.807, 2.05) is 50.2 Å². The fourth-order valence-corrected chi connectivity index (χ4v) is 3.83. The molecule has 7 nitrogen and oxygen atoms in total. The first-order valence-corrected chi connectivity index (χ1v) is 10.5. The minimum absolute atomic E-state index is 0.0534. The van der Waals surface area contributed by atoms with Crippen LogP contribution in [0.25, 0.3) is 0 Å². The number of rotatable bonds is 5. The Morgan fingerprint density at radius 1 is 1.23 bits per heavy atom. The van der Waals surface area contributed by atoms with Crippen LogP contribution in [0.4, 0.5) is 17.1 Å². The number of hydrogen-bond donors (Lipinski definition) is 2. The lowest BCUT2D eigenvalue weighted by molar-refractivity contribution is -0.121. The first-order chi connectivity index (χ1) is 14.2. The highest BCUT2D eigenvalue weighted by atomic mass is 79.9. The van der Waals surface area contributed by atoms with Crippen molar-refractivity contribution in [2.75, 3.05) is 35.7 Å². The van der Waals surface area contributed by atoms with Crippen LogP contribution in [0.2, 0.25) is 0 Å². The fourth-order valence-electron chi connectivity index (χ4n) is 3.45. The largest absolute Gasteiger partial charge is 0.325 e. The molecule has 1 aliphatic rings. The van der Waals surface area contributed by atoms with Gasteiger partial charge in [-0.1, -0.05) is 34.1 Å². The van der Waals surface area contributed by atoms with Gasteiger partial charge in [0, 0.05) is 22.6 Å². The molecule has 2 aromatic rings. The average Bonchev–Trinajstić information content (AvgIpc) is 2.78. The number of fused-ring (bicyclic) bond motifs is 1. The summed E-state index contributed by atoms with van der Waals surface area (Å²) in [7, 11) is 1.72. The van der Waals surface area contributed by atoms with E-state index in [0.29, 0.717) is 17.1 Å². The van der Waals surface area contributed by atoms with Crippen LogP contribution in [0.1, 0.15) is 18.9 Å². The van der Waals surface area contributed by atoms with Crippen LogP contribution < -0.4 is 15.5 Å². The molecule has 1 atom stereocenters. The predicted octanol–water partition coefficient (Wildman–Crippen LogP) is 3.39. The van der Waals surface area contributed by atoms with E-state index in [0.717, 1.165) is 10.0 Å². The summed E-state index contributed by atoms with van der Waals surface area (Å²) >= 11 is 3.45. The second kappa shape index (κ2) is 9.40. The first kappa shape index (κ1) is 22.0. The van der Waals surface area contributed by atoms with Crippen molar-refractivity contribution in [1.29, 1.82) is 0 Å². The number of nitrogens with zero attached hydrogens (tertiary/aromatic N) is 2. The van der Waals surface area contributed by atoms with Crippen molar-refractivity contribution in [3.63, 3.8) is 0 Å². The number of halogens is 1. The summed E-state index contributed by atoms with van der Waals surface area (Å²) in [6, 6.07) is 12.6. The Bertz CT molecular complexity index is 979. The topological polar surface area (TPSA) is 81.8 Å². The Labute approximate surface area is 184 Å². The zero-order valence-corrected chi connectivity index (χ0v) is 18.8. The molecule has 0 radical (unpaired) electrons. The molecule has 0 spiro atoms. The van der Waals surface area contributed by atoms with Gasteiger partial charge in [0.05, 0.1) is 24.5 Å². The molecule has 1 heterocycles. The third kappa shape index (κ3) is 5.25. The SMILES string of the molecule is Cc1ccc(NC(=O)CN(C)CC(=O)N2c3ccccc3NC(=O)C[C@@H]2C)cc1Br. The molecule has 0 unspecified atom stereocenters. The maximum Gasteiger partial charge on any atom is 0.241 e. The average molecular weight is 473 g/mol. The number of amides is 3. The maximum absolute atomic E-state index is 13.1. The van der Waals surface area contributed by atoms with Gasteiger partial charge < -0.3 is 15.5 Å². The second-order valence-corrected chi connectivity index (χ2v) is 8.42. The molecule has 3 amide bonds. The normalized spacial score (nSPS) is 16.0. The van der Waals surface area contributed by atoms with Crippen LogP contribution in [0.5, 0.6) is 0 Å². The number of aryl methyl sites for hydroxylation is 1. The first-order valence-electron chi connectivity index (χ1n) is 9.70. The number of hydrogen-bond acceptors (Lipinski definition) is 4. The maximum atomic E-state index is 13.1. The molecule has 0 aliphatic carbocycles. The van der Waals surface area contributed by atoms with E-state index >= 15 is 0 Å². The Kier molecular flexibility index (Phi) is 6.89. The molecule has 2 N–H and O–H groups in total. The highest BCUT2D eigenvalue weighted by molar-refractivity contribution is 9.10. The van der Waals surface area contributed by atoms with E-state index in [2.05, 4.69) is 26.6 Å². The molecule has 158 valence electrons. The smallest absolute Gasteiger partial charge is 0.241 e. The van der Waals surface area contributed by atoms with Crippen molar-refractivity contribution in [3.05, 3.63) is 52.5 Å². The number of carbonyl (C=O) groups is 3. The third-order valence-corrected chi connectivity index (χ3v) is 5.76. The fraction of sp³-hybridized carbons (Fsp3) is 0.318. The van der Waals surface area contributed by atoms with Crippen molar-refractivity contribution in [2.24, 2.45) is 0 Å². The number of carbonyl (C=O) groups excluding carboxylic acids is 3. The number of anilines is 3. The lowest BCUT2D eigenvalue weighted by Crippen LogP contribution is -2.45. The van der Waals surface area contributed by atoms with Gasteiger partial charge in [0.25, 0.3) is 0 Å². The molecule has 8 heteroatoms. The van der Waals surface area contributed by atoms with Crippen LogP contribution in [-0.2, 0) is 14.4 Å². The summed E-state index contributed by atoms with van der Waals surface area (Å²) in [4.78, 5) is 40.9. The zero-order valence-electron chi connectivity index (χ0n) is 17.2. The lowest BCUT2D eigenvalue weighted by Gasteiger charge is -2.29. The Morgan fingerprint density at radius 2 is 1.97 bits per heavy atom. The molecule has 2 aromatic carbocycles. The Morgan fingerprint density at radius 3 is 2.70 bits per heavy atom. The van der Waals surface area contributed by atoms with Crippen molar-refractivity contribution >= 4 is 50.7 Å². The van der Waals surface area contributed by atoms with Crippen LogP contribution >= 0.6 is 15.9 Å². The number of para-hydroxylation sites is 2. The van der Waals surface area contributed by atoms with Gasteiger partial charge in [0.2, 0.25) is 17.7 Å². The van der Waals surface area contributed by atoms with Gasteiger partial charge in [0.1, 0.15) is 0 Å². The van der Waals surface area contributed by atoms with Crippen LogP contribution in [0.3, 0.4) is 0 Å². The van der Waals surface area contributed by atoms with E-state index in [-0.39, 0.29) is 43.3 Å². The molecule has 0 fully saturated rings. The van der Waals surface area contributed by atoms with Crippen molar-refractivity contribution < 1.29 is 14.4 Å². The van der Waals surface area contributed by atoms with E-state index < -0.39 is 0 Å². The number of likely N-dealkylation sites (N-methyl/N-ethyl adjacent to an activating group) is 1. The van der Waals surface area contributed by atoms with Crippen molar-refractivity contribution in [1.82, 2.24) is 4.90 Å². The molecular formula is C22H25BrN4O3. The lowest BCUT2D eigenvalue weighted by atomic mass is 10.1. The summed E-state index contributed by atoms with van der Waals surface area (Å²) in [6.07, 6.45) is 0.215. The minimum Gasteiger partial charge on any atom is -0.325 e. The number of nitrogens with one attached hydrogen (secondary N) is 2. The van der Waals surface area contributed by atoms with Gasteiger partial charge in [-0.3, -0.25) is 19.3 Å². The van der Waals surface area contributed by atoms with Gasteiger partial charge >= 0.3 is 0 Å². The van der Waals surface area contributed by atoms with Crippen molar-refractivity contribution in [2.45, 2.75) is 26.3 Å². The Balaban J connectivity index is 1.65. The highest BCUT2D eigenvalue weighted by Crippen LogP contribution is 2.31. The highest BCUT2D eigenvalue weighted by Gasteiger charge is 2.30. The molecule has 1 aliphatic heterocycles. The van der Waals surface area contributed by atoms with Gasteiger partial charge in [-0.25, -0.2) is 0 Å².